The molecule has 0 atom stereocenters. The summed E-state index contributed by atoms with van der Waals surface area (Å²) >= 11 is 0. The molecule has 228 valence electrons. The van der Waals surface area contributed by atoms with Gasteiger partial charge in [-0.25, -0.2) is 22.5 Å². The van der Waals surface area contributed by atoms with Gasteiger partial charge in [-0.2, -0.15) is 10.1 Å². The lowest BCUT2D eigenvalue weighted by Gasteiger charge is -2.29. The number of nitrogens with one attached hydrogen (secondary N) is 1. The summed E-state index contributed by atoms with van der Waals surface area (Å²) in [4.78, 5) is 11.5. The molecule has 2 aromatic carbocycles. The zero-order chi connectivity index (χ0) is 30.7. The second-order valence-electron chi connectivity index (χ2n) is 11.6. The zero-order valence-electron chi connectivity index (χ0n) is 25.3. The van der Waals surface area contributed by atoms with Crippen molar-refractivity contribution in [2.45, 2.75) is 57.3 Å². The van der Waals surface area contributed by atoms with Gasteiger partial charge in [-0.1, -0.05) is 51.1 Å². The number of ether oxygens (including phenoxy) is 1. The van der Waals surface area contributed by atoms with Crippen molar-refractivity contribution in [1.82, 2.24) is 24.6 Å². The van der Waals surface area contributed by atoms with Crippen molar-refractivity contribution in [1.29, 1.82) is 0 Å². The number of hydrogen-bond acceptors (Lipinski definition) is 7. The maximum Gasteiger partial charge on any atom is 0.267 e. The van der Waals surface area contributed by atoms with E-state index >= 15 is 4.39 Å². The third-order valence-electron chi connectivity index (χ3n) is 7.79. The quantitative estimate of drug-likeness (QED) is 0.230. The Hall–Kier alpha value is -3.83. The molecule has 0 unspecified atom stereocenters. The number of piperidine rings is 1. The molecule has 0 radical (unpaired) electrons. The maximum absolute atomic E-state index is 15.2. The lowest BCUT2D eigenvalue weighted by atomic mass is 9.89. The van der Waals surface area contributed by atoms with Crippen LogP contribution in [0.25, 0.3) is 11.3 Å². The number of rotatable bonds is 10. The molecule has 3 heterocycles. The van der Waals surface area contributed by atoms with Crippen LogP contribution in [0, 0.1) is 11.7 Å². The van der Waals surface area contributed by atoms with Crippen LogP contribution >= 0.6 is 0 Å². The highest BCUT2D eigenvalue weighted by Crippen LogP contribution is 2.37. The fourth-order valence-corrected chi connectivity index (χ4v) is 6.45. The van der Waals surface area contributed by atoms with Crippen LogP contribution in [-0.4, -0.2) is 53.2 Å². The molecule has 2 aromatic heterocycles. The molecule has 1 fully saturated rings. The highest BCUT2D eigenvalue weighted by atomic mass is 32.2. The number of aryl methyl sites for hydroxylation is 1. The average Bonchev–Trinajstić information content (AvgIpc) is 3.42. The van der Waals surface area contributed by atoms with Gasteiger partial charge < -0.3 is 9.64 Å². The molecule has 9 nitrogen and oxygen atoms in total. The van der Waals surface area contributed by atoms with E-state index in [-0.39, 0.29) is 22.5 Å². The predicted octanol–water partition coefficient (Wildman–Crippen LogP) is 6.18. The lowest BCUT2D eigenvalue weighted by Crippen LogP contribution is -2.29. The second-order valence-corrected chi connectivity index (χ2v) is 13.3. The molecule has 43 heavy (non-hydrogen) atoms. The third-order valence-corrected chi connectivity index (χ3v) is 9.08. The number of hydrogen-bond donors (Lipinski definition) is 1. The molecule has 5 rings (SSSR count). The average molecular weight is 607 g/mol. The van der Waals surface area contributed by atoms with Crippen molar-refractivity contribution >= 4 is 16.0 Å². The van der Waals surface area contributed by atoms with Crippen LogP contribution in [0.1, 0.15) is 56.2 Å². The van der Waals surface area contributed by atoms with E-state index in [1.54, 1.807) is 13.1 Å². The van der Waals surface area contributed by atoms with Gasteiger partial charge in [0.25, 0.3) is 10.0 Å². The Labute approximate surface area is 253 Å². The molecule has 0 spiro atoms. The fraction of sp³-hybridized carbons (Fsp3) is 0.406. The number of anilines is 1. The first kappa shape index (κ1) is 30.6. The van der Waals surface area contributed by atoms with Gasteiger partial charge in [0.1, 0.15) is 4.90 Å². The first-order valence-electron chi connectivity index (χ1n) is 14.7. The topological polar surface area (TPSA) is 102 Å². The Morgan fingerprint density at radius 2 is 1.84 bits per heavy atom. The summed E-state index contributed by atoms with van der Waals surface area (Å²) in [6.07, 6.45) is 5.88. The predicted molar refractivity (Wildman–Crippen MR) is 165 cm³/mol. The largest absolute Gasteiger partial charge is 0.435 e. The van der Waals surface area contributed by atoms with Gasteiger partial charge in [0, 0.05) is 24.4 Å². The summed E-state index contributed by atoms with van der Waals surface area (Å²) in [6.45, 7) is 8.18. The molecule has 0 amide bonds. The van der Waals surface area contributed by atoms with Crippen LogP contribution in [0.15, 0.2) is 59.8 Å². The molecule has 0 saturated carbocycles. The second kappa shape index (κ2) is 12.8. The maximum atomic E-state index is 15.2. The van der Waals surface area contributed by atoms with E-state index in [2.05, 4.69) is 40.6 Å². The molecule has 1 aliphatic heterocycles. The minimum absolute atomic E-state index is 0.0285. The molecule has 1 aliphatic rings. The van der Waals surface area contributed by atoms with Crippen molar-refractivity contribution < 1.29 is 17.5 Å². The highest BCUT2D eigenvalue weighted by molar-refractivity contribution is 7.92. The van der Waals surface area contributed by atoms with Crippen LogP contribution in [-0.2, 0) is 29.9 Å². The number of aromatic nitrogens is 4. The number of sulfonamides is 1. The Bertz CT molecular complexity index is 1700. The molecule has 1 N–H and O–H groups in total. The molecular weight excluding hydrogens is 567 g/mol. The minimum atomic E-state index is -4.06. The van der Waals surface area contributed by atoms with E-state index in [1.807, 2.05) is 37.3 Å². The van der Waals surface area contributed by atoms with Gasteiger partial charge in [-0.3, -0.25) is 4.68 Å². The summed E-state index contributed by atoms with van der Waals surface area (Å²) in [7, 11) is -0.316. The van der Waals surface area contributed by atoms with E-state index in [0.717, 1.165) is 49.0 Å². The van der Waals surface area contributed by atoms with Gasteiger partial charge in [-0.05, 0) is 80.9 Å². The smallest absolute Gasteiger partial charge is 0.267 e. The zero-order valence-corrected chi connectivity index (χ0v) is 26.2. The van der Waals surface area contributed by atoms with Gasteiger partial charge in [-0.15, -0.1) is 0 Å². The van der Waals surface area contributed by atoms with Crippen molar-refractivity contribution in [3.63, 3.8) is 0 Å². The summed E-state index contributed by atoms with van der Waals surface area (Å²) in [5.41, 5.74) is 4.12. The van der Waals surface area contributed by atoms with Crippen LogP contribution in [0.3, 0.4) is 0 Å². The molecule has 0 aliphatic carbocycles. The van der Waals surface area contributed by atoms with Gasteiger partial charge >= 0.3 is 0 Å². The summed E-state index contributed by atoms with van der Waals surface area (Å²) in [5.74, 6) is 0.149. The van der Waals surface area contributed by atoms with Crippen molar-refractivity contribution in [3.8, 4) is 22.9 Å². The first-order valence-corrected chi connectivity index (χ1v) is 16.2. The third kappa shape index (κ3) is 7.05. The van der Waals surface area contributed by atoms with Gasteiger partial charge in [0.15, 0.2) is 11.6 Å². The Kier molecular flexibility index (Phi) is 9.12. The van der Waals surface area contributed by atoms with E-state index in [0.29, 0.717) is 29.5 Å². The lowest BCUT2D eigenvalue weighted by molar-refractivity contribution is 0.255. The minimum Gasteiger partial charge on any atom is -0.435 e. The van der Waals surface area contributed by atoms with Crippen LogP contribution in [0.5, 0.6) is 11.6 Å². The first-order chi connectivity index (χ1) is 20.5. The summed E-state index contributed by atoms with van der Waals surface area (Å²) in [5, 5.41) is 3.98. The molecular formula is C32H39FN6O3S. The molecule has 4 aromatic rings. The van der Waals surface area contributed by atoms with Gasteiger partial charge in [0.05, 0.1) is 11.9 Å². The SMILES string of the molecule is CCc1c(Oc2cc(C3CCN(C)CC3)ccc2F)nc(NS(=O)(=O)c2cnn(C)c2)nc1-c1ccccc1CC(C)C. The summed E-state index contributed by atoms with van der Waals surface area (Å²) < 4.78 is 51.9. The Morgan fingerprint density at radius 3 is 2.51 bits per heavy atom. The van der Waals surface area contributed by atoms with Crippen molar-refractivity contribution in [2.24, 2.45) is 13.0 Å². The summed E-state index contributed by atoms with van der Waals surface area (Å²) in [6, 6.07) is 12.9. The van der Waals surface area contributed by atoms with E-state index in [4.69, 9.17) is 9.72 Å². The van der Waals surface area contributed by atoms with E-state index in [1.165, 1.54) is 23.1 Å². The van der Waals surface area contributed by atoms with Crippen LogP contribution < -0.4 is 9.46 Å². The number of likely N-dealkylation sites (tertiary alicyclic amines) is 1. The highest BCUT2D eigenvalue weighted by Gasteiger charge is 2.25. The Morgan fingerprint density at radius 1 is 1.09 bits per heavy atom. The van der Waals surface area contributed by atoms with E-state index < -0.39 is 15.8 Å². The number of halogens is 1. The van der Waals surface area contributed by atoms with Crippen molar-refractivity contribution in [2.75, 3.05) is 24.9 Å². The molecule has 11 heteroatoms. The number of nitrogens with zero attached hydrogens (tertiary/aromatic N) is 5. The monoisotopic (exact) mass is 606 g/mol. The van der Waals surface area contributed by atoms with Crippen LogP contribution in [0.4, 0.5) is 10.3 Å². The Balaban J connectivity index is 1.61. The van der Waals surface area contributed by atoms with E-state index in [9.17, 15) is 8.42 Å². The standard InChI is InChI=1S/C32H39FN6O3S/c1-6-26-30(27-10-8-7-9-24(27)17-21(2)3)35-32(37-43(40,41)25-19-34-39(5)20-25)36-31(26)42-29-18-23(11-12-28(29)33)22-13-15-38(4)16-14-22/h7-12,18-22H,6,13-17H2,1-5H3,(H,35,36,37). The van der Waals surface area contributed by atoms with Crippen LogP contribution in [0.2, 0.25) is 0 Å². The van der Waals surface area contributed by atoms with Gasteiger partial charge in [0.2, 0.25) is 11.8 Å². The van der Waals surface area contributed by atoms with Crippen molar-refractivity contribution in [3.05, 3.63) is 77.4 Å². The fourth-order valence-electron chi connectivity index (χ4n) is 5.52. The molecule has 1 saturated heterocycles. The molecule has 0 bridgehead atoms. The number of benzene rings is 2. The normalized spacial score (nSPS) is 14.8.